The molecule has 1 saturated heterocycles. The van der Waals surface area contributed by atoms with Crippen molar-refractivity contribution in [3.05, 3.63) is 63.6 Å². The van der Waals surface area contributed by atoms with Crippen molar-refractivity contribution >= 4 is 11.0 Å². The van der Waals surface area contributed by atoms with Gasteiger partial charge in [-0.2, -0.15) is 0 Å². The Bertz CT molecular complexity index is 1040. The number of fused-ring (bicyclic) bond motifs is 4. The molecule has 0 radical (unpaired) electrons. The molecule has 1 aliphatic carbocycles. The van der Waals surface area contributed by atoms with Gasteiger partial charge in [0, 0.05) is 43.5 Å². The zero-order valence-electron chi connectivity index (χ0n) is 14.8. The van der Waals surface area contributed by atoms with Gasteiger partial charge >= 0.3 is 0 Å². The van der Waals surface area contributed by atoms with E-state index in [9.17, 15) is 4.79 Å². The van der Waals surface area contributed by atoms with Gasteiger partial charge in [-0.05, 0) is 37.3 Å². The number of likely N-dealkylation sites (tertiary alicyclic amines) is 1. The third kappa shape index (κ3) is 2.52. The predicted octanol–water partition coefficient (Wildman–Crippen LogP) is 2.18. The van der Waals surface area contributed by atoms with Crippen molar-refractivity contribution in [3.63, 3.8) is 0 Å². The van der Waals surface area contributed by atoms with E-state index in [0.29, 0.717) is 11.8 Å². The molecule has 2 aliphatic rings. The Hall–Kier alpha value is -2.60. The number of nitrogens with zero attached hydrogens (tertiary/aromatic N) is 4. The van der Waals surface area contributed by atoms with Gasteiger partial charge in [-0.15, -0.1) is 0 Å². The molecule has 3 aromatic rings. The van der Waals surface area contributed by atoms with Gasteiger partial charge in [0.15, 0.2) is 0 Å². The summed E-state index contributed by atoms with van der Waals surface area (Å²) in [7, 11) is 0. The maximum absolute atomic E-state index is 12.3. The molecule has 5 rings (SSSR count). The number of hydrogen-bond acceptors (Lipinski definition) is 5. The third-order valence-corrected chi connectivity index (χ3v) is 5.78. The number of nitrogens with one attached hydrogen (secondary N) is 1. The third-order valence-electron chi connectivity index (χ3n) is 5.78. The first-order chi connectivity index (χ1) is 12.7. The smallest absolute Gasteiger partial charge is 0.254 e. The fourth-order valence-corrected chi connectivity index (χ4v) is 4.62. The lowest BCUT2D eigenvalue weighted by atomic mass is 9.80. The molecule has 0 saturated carbocycles. The average molecular weight is 347 g/mol. The van der Waals surface area contributed by atoms with E-state index >= 15 is 0 Å². The van der Waals surface area contributed by atoms with Crippen LogP contribution in [0.4, 0.5) is 0 Å². The van der Waals surface area contributed by atoms with Crippen molar-refractivity contribution in [2.24, 2.45) is 5.92 Å². The summed E-state index contributed by atoms with van der Waals surface area (Å²) in [6, 6.07) is 6.19. The zero-order chi connectivity index (χ0) is 17.7. The molecule has 6 nitrogen and oxygen atoms in total. The van der Waals surface area contributed by atoms with E-state index in [2.05, 4.69) is 32.0 Å². The van der Waals surface area contributed by atoms with E-state index in [1.54, 1.807) is 12.4 Å². The summed E-state index contributed by atoms with van der Waals surface area (Å²) >= 11 is 0. The van der Waals surface area contributed by atoms with Gasteiger partial charge in [0.1, 0.15) is 5.82 Å². The van der Waals surface area contributed by atoms with Crippen LogP contribution in [0.1, 0.15) is 35.0 Å². The molecule has 0 unspecified atom stereocenters. The topological polar surface area (TPSA) is 74.8 Å². The molecule has 132 valence electrons. The number of aromatic amines is 1. The molecule has 0 amide bonds. The van der Waals surface area contributed by atoms with Crippen LogP contribution in [-0.2, 0) is 13.0 Å². The van der Waals surface area contributed by atoms with Gasteiger partial charge in [-0.1, -0.05) is 12.1 Å². The Kier molecular flexibility index (Phi) is 3.60. The summed E-state index contributed by atoms with van der Waals surface area (Å²) in [6.07, 6.45) is 5.40. The monoisotopic (exact) mass is 347 g/mol. The minimum atomic E-state index is 0.0497. The van der Waals surface area contributed by atoms with E-state index in [-0.39, 0.29) is 5.56 Å². The summed E-state index contributed by atoms with van der Waals surface area (Å²) in [4.78, 5) is 31.2. The van der Waals surface area contributed by atoms with Crippen molar-refractivity contribution in [2.75, 3.05) is 13.1 Å². The second kappa shape index (κ2) is 5.99. The van der Waals surface area contributed by atoms with E-state index in [0.717, 1.165) is 60.6 Å². The zero-order valence-corrected chi connectivity index (χ0v) is 14.8. The molecule has 1 aromatic carbocycles. The predicted molar refractivity (Wildman–Crippen MR) is 99.0 cm³/mol. The van der Waals surface area contributed by atoms with E-state index in [1.807, 2.05) is 13.0 Å². The Morgan fingerprint density at radius 3 is 3.04 bits per heavy atom. The van der Waals surface area contributed by atoms with E-state index in [4.69, 9.17) is 4.98 Å². The standard InChI is InChI=1S/C20H21N5O/c1-12-23-19-15(20(26)24-12)6-5-13-9-25(11-16(13)19)10-14-3-2-4-17-18(14)22-8-7-21-17/h2-4,7-8,13,16H,5-6,9-11H2,1H3,(H,23,24,26)/t13-,16+/m1/s1. The first-order valence-electron chi connectivity index (χ1n) is 9.19. The second-order valence-electron chi connectivity index (χ2n) is 7.46. The number of aryl methyl sites for hydroxylation is 1. The van der Waals surface area contributed by atoms with Gasteiger partial charge in [0.25, 0.3) is 5.56 Å². The summed E-state index contributed by atoms with van der Waals surface area (Å²) in [6.45, 7) is 4.73. The molecule has 2 atom stereocenters. The van der Waals surface area contributed by atoms with Crippen LogP contribution in [0.15, 0.2) is 35.4 Å². The highest BCUT2D eigenvalue weighted by Gasteiger charge is 2.39. The van der Waals surface area contributed by atoms with Gasteiger partial charge in [-0.3, -0.25) is 19.7 Å². The molecule has 1 aliphatic heterocycles. The maximum atomic E-state index is 12.3. The summed E-state index contributed by atoms with van der Waals surface area (Å²) in [5.74, 6) is 1.66. The summed E-state index contributed by atoms with van der Waals surface area (Å²) < 4.78 is 0. The Morgan fingerprint density at radius 2 is 2.12 bits per heavy atom. The molecular formula is C20H21N5O. The van der Waals surface area contributed by atoms with Crippen molar-refractivity contribution in [1.82, 2.24) is 24.8 Å². The number of para-hydroxylation sites is 1. The fraction of sp³-hybridized carbons (Fsp3) is 0.400. The molecule has 1 fully saturated rings. The normalized spacial score (nSPS) is 22.3. The van der Waals surface area contributed by atoms with Crippen LogP contribution in [0.5, 0.6) is 0 Å². The highest BCUT2D eigenvalue weighted by molar-refractivity contribution is 5.77. The maximum Gasteiger partial charge on any atom is 0.254 e. The van der Waals surface area contributed by atoms with E-state index in [1.165, 1.54) is 5.56 Å². The first-order valence-corrected chi connectivity index (χ1v) is 9.19. The van der Waals surface area contributed by atoms with Crippen LogP contribution < -0.4 is 5.56 Å². The van der Waals surface area contributed by atoms with Crippen molar-refractivity contribution in [2.45, 2.75) is 32.2 Å². The number of benzene rings is 1. The molecule has 6 heteroatoms. The van der Waals surface area contributed by atoms with E-state index < -0.39 is 0 Å². The fourth-order valence-electron chi connectivity index (χ4n) is 4.62. The average Bonchev–Trinajstić information content (AvgIpc) is 3.05. The van der Waals surface area contributed by atoms with Gasteiger partial charge < -0.3 is 4.98 Å². The Labute approximate surface area is 151 Å². The minimum Gasteiger partial charge on any atom is -0.311 e. The number of aromatic nitrogens is 4. The Morgan fingerprint density at radius 1 is 1.23 bits per heavy atom. The number of hydrogen-bond donors (Lipinski definition) is 1. The van der Waals surface area contributed by atoms with Gasteiger partial charge in [-0.25, -0.2) is 4.98 Å². The largest absolute Gasteiger partial charge is 0.311 e. The summed E-state index contributed by atoms with van der Waals surface area (Å²) in [5, 5.41) is 0. The molecular weight excluding hydrogens is 326 g/mol. The quantitative estimate of drug-likeness (QED) is 0.769. The SMILES string of the molecule is Cc1nc2c(c(=O)[nH]1)CC[C@@H]1CN(Cc3cccc4nccnc34)C[C@H]21. The molecule has 3 heterocycles. The van der Waals surface area contributed by atoms with Crippen LogP contribution >= 0.6 is 0 Å². The lowest BCUT2D eigenvalue weighted by Crippen LogP contribution is -2.28. The Balaban J connectivity index is 1.44. The number of rotatable bonds is 2. The van der Waals surface area contributed by atoms with Crippen LogP contribution in [0.25, 0.3) is 11.0 Å². The molecule has 26 heavy (non-hydrogen) atoms. The number of H-pyrrole nitrogens is 1. The lowest BCUT2D eigenvalue weighted by Gasteiger charge is -2.25. The lowest BCUT2D eigenvalue weighted by molar-refractivity contribution is 0.314. The highest BCUT2D eigenvalue weighted by atomic mass is 16.1. The van der Waals surface area contributed by atoms with Crippen molar-refractivity contribution < 1.29 is 0 Å². The van der Waals surface area contributed by atoms with Gasteiger partial charge in [0.05, 0.1) is 16.7 Å². The van der Waals surface area contributed by atoms with Crippen molar-refractivity contribution in [3.8, 4) is 0 Å². The van der Waals surface area contributed by atoms with Crippen LogP contribution in [0, 0.1) is 12.8 Å². The van der Waals surface area contributed by atoms with Gasteiger partial charge in [0.2, 0.25) is 0 Å². The highest BCUT2D eigenvalue weighted by Crippen LogP contribution is 2.40. The van der Waals surface area contributed by atoms with Crippen molar-refractivity contribution in [1.29, 1.82) is 0 Å². The molecule has 1 N–H and O–H groups in total. The van der Waals surface area contributed by atoms with Crippen LogP contribution in [-0.4, -0.2) is 37.9 Å². The molecule has 0 spiro atoms. The minimum absolute atomic E-state index is 0.0497. The van der Waals surface area contributed by atoms with Crippen LogP contribution in [0.2, 0.25) is 0 Å². The molecule has 0 bridgehead atoms. The van der Waals surface area contributed by atoms with Crippen LogP contribution in [0.3, 0.4) is 0 Å². The molecule has 2 aromatic heterocycles. The summed E-state index contributed by atoms with van der Waals surface area (Å²) in [5.41, 5.74) is 5.11. The first kappa shape index (κ1) is 15.6. The second-order valence-corrected chi connectivity index (χ2v) is 7.46.